The molecule has 1 unspecified atom stereocenters. The molecule has 0 aromatic rings. The van der Waals surface area contributed by atoms with Crippen LogP contribution in [0.1, 0.15) is 168 Å². The van der Waals surface area contributed by atoms with E-state index in [1.807, 2.05) is 0 Å². The van der Waals surface area contributed by atoms with Crippen molar-refractivity contribution in [1.82, 2.24) is 0 Å². The molecular formula is C39H68O5. The van der Waals surface area contributed by atoms with E-state index in [-0.39, 0.29) is 25.2 Å². The monoisotopic (exact) mass is 617 g/mol. The first-order valence-electron chi connectivity index (χ1n) is 18.2. The lowest BCUT2D eigenvalue weighted by molar-refractivity contribution is -0.161. The number of carbonyl (C=O) groups is 2. The van der Waals surface area contributed by atoms with Gasteiger partial charge in [-0.15, -0.1) is 0 Å². The lowest BCUT2D eigenvalue weighted by Crippen LogP contribution is -2.28. The molecule has 0 radical (unpaired) electrons. The minimum atomic E-state index is -0.796. The molecule has 5 nitrogen and oxygen atoms in total. The number of allylic oxidation sites excluding steroid dienone is 8. The van der Waals surface area contributed by atoms with Crippen LogP contribution in [-0.2, 0) is 19.1 Å². The molecule has 0 bridgehead atoms. The number of aliphatic hydroxyl groups excluding tert-OH is 1. The van der Waals surface area contributed by atoms with Crippen molar-refractivity contribution >= 4 is 11.9 Å². The van der Waals surface area contributed by atoms with Crippen molar-refractivity contribution in [2.45, 2.75) is 174 Å². The number of rotatable bonds is 32. The fourth-order valence-corrected chi connectivity index (χ4v) is 4.79. The van der Waals surface area contributed by atoms with Crippen molar-refractivity contribution in [2.24, 2.45) is 0 Å². The molecule has 5 heteroatoms. The predicted molar refractivity (Wildman–Crippen MR) is 187 cm³/mol. The van der Waals surface area contributed by atoms with E-state index in [0.29, 0.717) is 12.8 Å². The summed E-state index contributed by atoms with van der Waals surface area (Å²) in [5, 5.41) is 9.52. The van der Waals surface area contributed by atoms with Gasteiger partial charge < -0.3 is 14.6 Å². The standard InChI is InChI=1S/C39H68O5/c1-3-5-7-9-11-13-15-17-19-21-23-25-27-29-31-33-38(41)43-36-37(35-40)44-39(42)34-32-30-28-26-24-22-20-18-16-14-12-10-8-6-4-2/h16-19,22-25,37,40H,3-15,20-21,26-36H2,1-2H3/b18-16-,19-17-,24-22-,25-23-. The van der Waals surface area contributed by atoms with Gasteiger partial charge in [0.2, 0.25) is 0 Å². The maximum atomic E-state index is 12.1. The number of unbranched alkanes of at least 4 members (excludes halogenated alkanes) is 16. The Morgan fingerprint density at radius 3 is 1.39 bits per heavy atom. The van der Waals surface area contributed by atoms with E-state index in [2.05, 4.69) is 62.5 Å². The van der Waals surface area contributed by atoms with Gasteiger partial charge in [-0.2, -0.15) is 0 Å². The van der Waals surface area contributed by atoms with Gasteiger partial charge in [-0.3, -0.25) is 9.59 Å². The van der Waals surface area contributed by atoms with Gasteiger partial charge in [0, 0.05) is 12.8 Å². The molecule has 0 aromatic heterocycles. The first-order valence-corrected chi connectivity index (χ1v) is 18.2. The molecule has 1 N–H and O–H groups in total. The van der Waals surface area contributed by atoms with Gasteiger partial charge in [0.25, 0.3) is 0 Å². The molecule has 0 fully saturated rings. The Morgan fingerprint density at radius 1 is 0.523 bits per heavy atom. The first-order chi connectivity index (χ1) is 21.6. The van der Waals surface area contributed by atoms with Gasteiger partial charge in [-0.25, -0.2) is 0 Å². The number of aliphatic hydroxyl groups is 1. The summed E-state index contributed by atoms with van der Waals surface area (Å²) in [5.74, 6) is -0.661. The van der Waals surface area contributed by atoms with Crippen LogP contribution in [-0.4, -0.2) is 36.4 Å². The fraction of sp³-hybridized carbons (Fsp3) is 0.744. The molecule has 0 aliphatic heterocycles. The molecule has 0 aliphatic rings. The Labute approximate surface area is 271 Å². The second kappa shape index (κ2) is 35.3. The van der Waals surface area contributed by atoms with Gasteiger partial charge in [0.15, 0.2) is 6.10 Å². The van der Waals surface area contributed by atoms with Crippen molar-refractivity contribution < 1.29 is 24.2 Å². The van der Waals surface area contributed by atoms with Gasteiger partial charge in [0.05, 0.1) is 6.61 Å². The quantitative estimate of drug-likeness (QED) is 0.0462. The normalized spacial score (nSPS) is 12.7. The molecule has 0 rings (SSSR count). The average Bonchev–Trinajstić information content (AvgIpc) is 3.02. The second-order valence-electron chi connectivity index (χ2n) is 11.9. The van der Waals surface area contributed by atoms with E-state index >= 15 is 0 Å². The molecule has 0 heterocycles. The van der Waals surface area contributed by atoms with Crippen LogP contribution in [0.2, 0.25) is 0 Å². The topological polar surface area (TPSA) is 72.8 Å². The summed E-state index contributed by atoms with van der Waals surface area (Å²) in [6.07, 6.45) is 43.1. The zero-order valence-electron chi connectivity index (χ0n) is 28.7. The van der Waals surface area contributed by atoms with Gasteiger partial charge in [-0.1, -0.05) is 127 Å². The van der Waals surface area contributed by atoms with Crippen LogP contribution >= 0.6 is 0 Å². The maximum Gasteiger partial charge on any atom is 0.306 e. The van der Waals surface area contributed by atoms with E-state index in [4.69, 9.17) is 9.47 Å². The zero-order chi connectivity index (χ0) is 32.2. The fourth-order valence-electron chi connectivity index (χ4n) is 4.79. The van der Waals surface area contributed by atoms with Gasteiger partial charge in [0.1, 0.15) is 6.61 Å². The highest BCUT2D eigenvalue weighted by molar-refractivity contribution is 5.70. The Bertz CT molecular complexity index is 752. The molecule has 0 aliphatic carbocycles. The molecule has 44 heavy (non-hydrogen) atoms. The zero-order valence-corrected chi connectivity index (χ0v) is 28.7. The Hall–Kier alpha value is -2.14. The summed E-state index contributed by atoms with van der Waals surface area (Å²) < 4.78 is 10.5. The van der Waals surface area contributed by atoms with Crippen molar-refractivity contribution in [3.05, 3.63) is 48.6 Å². The number of hydrogen-bond donors (Lipinski definition) is 1. The Morgan fingerprint density at radius 2 is 0.909 bits per heavy atom. The molecule has 0 spiro atoms. The van der Waals surface area contributed by atoms with E-state index in [9.17, 15) is 14.7 Å². The Balaban J connectivity index is 3.68. The average molecular weight is 617 g/mol. The molecule has 0 amide bonds. The van der Waals surface area contributed by atoms with Crippen LogP contribution < -0.4 is 0 Å². The van der Waals surface area contributed by atoms with E-state index < -0.39 is 6.10 Å². The van der Waals surface area contributed by atoms with Crippen molar-refractivity contribution in [3.8, 4) is 0 Å². The largest absolute Gasteiger partial charge is 0.462 e. The molecule has 0 saturated heterocycles. The van der Waals surface area contributed by atoms with E-state index in [1.165, 1.54) is 83.5 Å². The minimum absolute atomic E-state index is 0.0931. The van der Waals surface area contributed by atoms with Gasteiger partial charge >= 0.3 is 11.9 Å². The maximum absolute atomic E-state index is 12.1. The number of hydrogen-bond acceptors (Lipinski definition) is 5. The van der Waals surface area contributed by atoms with Crippen LogP contribution in [0.15, 0.2) is 48.6 Å². The number of ether oxygens (including phenoxy) is 2. The van der Waals surface area contributed by atoms with Crippen LogP contribution in [0.3, 0.4) is 0 Å². The summed E-state index contributed by atoms with van der Waals surface area (Å²) in [5.41, 5.74) is 0. The lowest BCUT2D eigenvalue weighted by atomic mass is 10.1. The highest BCUT2D eigenvalue weighted by Crippen LogP contribution is 2.10. The second-order valence-corrected chi connectivity index (χ2v) is 11.9. The molecule has 0 saturated carbocycles. The van der Waals surface area contributed by atoms with Gasteiger partial charge in [-0.05, 0) is 77.0 Å². The first kappa shape index (κ1) is 41.9. The van der Waals surface area contributed by atoms with Crippen LogP contribution in [0.4, 0.5) is 0 Å². The third kappa shape index (κ3) is 32.8. The minimum Gasteiger partial charge on any atom is -0.462 e. The third-order valence-corrected chi connectivity index (χ3v) is 7.60. The third-order valence-electron chi connectivity index (χ3n) is 7.60. The summed E-state index contributed by atoms with van der Waals surface area (Å²) in [4.78, 5) is 24.1. The van der Waals surface area contributed by atoms with Crippen LogP contribution in [0.25, 0.3) is 0 Å². The number of esters is 2. The highest BCUT2D eigenvalue weighted by Gasteiger charge is 2.16. The smallest absolute Gasteiger partial charge is 0.306 e. The SMILES string of the molecule is CCCCCCC/C=C\C/C=C\CCCCCC(=O)OC(CO)COC(=O)CCCC/C=C\C/C=C\CCCCCCCC. The lowest BCUT2D eigenvalue weighted by Gasteiger charge is -2.15. The number of carbonyl (C=O) groups excluding carboxylic acids is 2. The summed E-state index contributed by atoms with van der Waals surface area (Å²) >= 11 is 0. The van der Waals surface area contributed by atoms with E-state index in [0.717, 1.165) is 57.8 Å². The highest BCUT2D eigenvalue weighted by atomic mass is 16.6. The molecule has 254 valence electrons. The van der Waals surface area contributed by atoms with E-state index in [1.54, 1.807) is 0 Å². The van der Waals surface area contributed by atoms with Crippen LogP contribution in [0, 0.1) is 0 Å². The summed E-state index contributed by atoms with van der Waals surface area (Å²) in [6, 6.07) is 0. The van der Waals surface area contributed by atoms with Crippen molar-refractivity contribution in [2.75, 3.05) is 13.2 Å². The van der Waals surface area contributed by atoms with Crippen molar-refractivity contribution in [3.63, 3.8) is 0 Å². The van der Waals surface area contributed by atoms with Crippen molar-refractivity contribution in [1.29, 1.82) is 0 Å². The molecule has 0 aromatic carbocycles. The summed E-state index contributed by atoms with van der Waals surface area (Å²) in [6.45, 7) is 4.05. The predicted octanol–water partition coefficient (Wildman–Crippen LogP) is 11.1. The summed E-state index contributed by atoms with van der Waals surface area (Å²) in [7, 11) is 0. The Kier molecular flexibility index (Phi) is 33.6. The van der Waals surface area contributed by atoms with Crippen LogP contribution in [0.5, 0.6) is 0 Å². The molecular weight excluding hydrogens is 548 g/mol. The molecule has 1 atom stereocenters.